The van der Waals surface area contributed by atoms with E-state index in [0.29, 0.717) is 0 Å². The third kappa shape index (κ3) is 2.94. The Bertz CT molecular complexity index is 595. The molecule has 6 nitrogen and oxygen atoms in total. The average Bonchev–Trinajstić information content (AvgIpc) is 2.69. The van der Waals surface area contributed by atoms with Gasteiger partial charge in [0.05, 0.1) is 7.11 Å². The van der Waals surface area contributed by atoms with Crippen LogP contribution in [-0.4, -0.2) is 40.6 Å². The van der Waals surface area contributed by atoms with Gasteiger partial charge in [-0.25, -0.2) is 0 Å². The van der Waals surface area contributed by atoms with Crippen molar-refractivity contribution in [2.45, 2.75) is 0 Å². The van der Waals surface area contributed by atoms with Crippen LogP contribution >= 0.6 is 12.2 Å². The quantitative estimate of drug-likeness (QED) is 0.483. The lowest BCUT2D eigenvalue weighted by Crippen LogP contribution is -2.35. The van der Waals surface area contributed by atoms with E-state index < -0.39 is 11.9 Å². The molecule has 1 aromatic carbocycles. The van der Waals surface area contributed by atoms with Gasteiger partial charge in [0.1, 0.15) is 18.0 Å². The fourth-order valence-electron chi connectivity index (χ4n) is 1.65. The van der Waals surface area contributed by atoms with E-state index in [1.54, 1.807) is 18.2 Å². The van der Waals surface area contributed by atoms with E-state index in [9.17, 15) is 14.7 Å². The molecule has 7 heteroatoms. The second-order valence-corrected chi connectivity index (χ2v) is 4.43. The molecule has 1 saturated heterocycles. The summed E-state index contributed by atoms with van der Waals surface area (Å²) in [4.78, 5) is 24.4. The van der Waals surface area contributed by atoms with E-state index in [0.717, 1.165) is 10.5 Å². The Morgan fingerprint density at radius 2 is 2.10 bits per heavy atom. The van der Waals surface area contributed by atoms with Crippen molar-refractivity contribution in [1.29, 1.82) is 0 Å². The van der Waals surface area contributed by atoms with Crippen molar-refractivity contribution in [2.75, 3.05) is 13.7 Å². The summed E-state index contributed by atoms with van der Waals surface area (Å²) in [6.45, 7) is -0.228. The molecule has 1 heterocycles. The number of nitrogens with one attached hydrogen (secondary N) is 1. The Kier molecular flexibility index (Phi) is 3.99. The van der Waals surface area contributed by atoms with Crippen LogP contribution in [0.25, 0.3) is 6.08 Å². The zero-order chi connectivity index (χ0) is 14.7. The van der Waals surface area contributed by atoms with Crippen LogP contribution in [0.4, 0.5) is 0 Å². The predicted octanol–water partition coefficient (Wildman–Crippen LogP) is 0.623. The first kappa shape index (κ1) is 14.0. The molecule has 1 fully saturated rings. The Morgan fingerprint density at radius 3 is 2.70 bits per heavy atom. The zero-order valence-corrected chi connectivity index (χ0v) is 11.4. The molecule has 0 unspecified atom stereocenters. The van der Waals surface area contributed by atoms with E-state index in [1.165, 1.54) is 19.2 Å². The molecule has 0 spiro atoms. The van der Waals surface area contributed by atoms with Crippen molar-refractivity contribution in [3.05, 3.63) is 35.5 Å². The third-order valence-electron chi connectivity index (χ3n) is 2.68. The van der Waals surface area contributed by atoms with Gasteiger partial charge in [-0.3, -0.25) is 14.5 Å². The third-order valence-corrected chi connectivity index (χ3v) is 3.00. The molecule has 1 aliphatic heterocycles. The summed E-state index contributed by atoms with van der Waals surface area (Å²) in [7, 11) is 1.24. The van der Waals surface area contributed by atoms with Gasteiger partial charge in [0.25, 0.3) is 5.91 Å². The van der Waals surface area contributed by atoms with Gasteiger partial charge in [0.2, 0.25) is 0 Å². The van der Waals surface area contributed by atoms with E-state index in [-0.39, 0.29) is 23.1 Å². The van der Waals surface area contributed by atoms with Crippen LogP contribution in [0.5, 0.6) is 5.75 Å². The summed E-state index contributed by atoms with van der Waals surface area (Å²) >= 11 is 5.00. The number of methoxy groups -OCH3 is 1. The number of ether oxygens (including phenoxy) is 1. The SMILES string of the molecule is COC(=O)CN1C(=O)/C(=C/c2ccc(O)cc2)NC1=S. The van der Waals surface area contributed by atoms with Crippen LogP contribution in [0, 0.1) is 0 Å². The minimum absolute atomic E-state index is 0.140. The van der Waals surface area contributed by atoms with E-state index in [1.807, 2.05) is 0 Å². The molecule has 0 aromatic heterocycles. The Balaban J connectivity index is 2.19. The lowest BCUT2D eigenvalue weighted by Gasteiger charge is -2.11. The second kappa shape index (κ2) is 5.70. The summed E-state index contributed by atoms with van der Waals surface area (Å²) in [5.74, 6) is -0.803. The number of benzene rings is 1. The second-order valence-electron chi connectivity index (χ2n) is 4.05. The molecule has 0 radical (unpaired) electrons. The number of rotatable bonds is 3. The van der Waals surface area contributed by atoms with Crippen LogP contribution in [-0.2, 0) is 14.3 Å². The lowest BCUT2D eigenvalue weighted by atomic mass is 10.2. The van der Waals surface area contributed by atoms with Crippen molar-refractivity contribution in [2.24, 2.45) is 0 Å². The van der Waals surface area contributed by atoms with E-state index >= 15 is 0 Å². The number of nitrogens with zero attached hydrogens (tertiary/aromatic N) is 1. The molecule has 20 heavy (non-hydrogen) atoms. The molecule has 1 aliphatic rings. The maximum atomic E-state index is 12.1. The molecule has 104 valence electrons. The number of aromatic hydroxyl groups is 1. The lowest BCUT2D eigenvalue weighted by molar-refractivity contribution is -0.143. The van der Waals surface area contributed by atoms with Gasteiger partial charge >= 0.3 is 5.97 Å². The fraction of sp³-hybridized carbons (Fsp3) is 0.154. The molecule has 0 bridgehead atoms. The molecular weight excluding hydrogens is 280 g/mol. The first-order valence-corrected chi connectivity index (χ1v) is 6.12. The van der Waals surface area contributed by atoms with Crippen molar-refractivity contribution in [1.82, 2.24) is 10.2 Å². The van der Waals surface area contributed by atoms with Crippen LogP contribution in [0.3, 0.4) is 0 Å². The van der Waals surface area contributed by atoms with Crippen LogP contribution in [0.2, 0.25) is 0 Å². The van der Waals surface area contributed by atoms with Gasteiger partial charge in [-0.05, 0) is 36.0 Å². The van der Waals surface area contributed by atoms with Gasteiger partial charge in [-0.1, -0.05) is 12.1 Å². The molecular formula is C13H12N2O4S. The number of hydrogen-bond donors (Lipinski definition) is 2. The summed E-state index contributed by atoms with van der Waals surface area (Å²) < 4.78 is 4.51. The van der Waals surface area contributed by atoms with Crippen molar-refractivity contribution in [3.63, 3.8) is 0 Å². The first-order chi connectivity index (χ1) is 9.51. The van der Waals surface area contributed by atoms with Crippen molar-refractivity contribution in [3.8, 4) is 5.75 Å². The highest BCUT2D eigenvalue weighted by Crippen LogP contribution is 2.16. The van der Waals surface area contributed by atoms with Crippen LogP contribution in [0.1, 0.15) is 5.56 Å². The normalized spacial score (nSPS) is 16.4. The minimum atomic E-state index is -0.548. The largest absolute Gasteiger partial charge is 0.508 e. The minimum Gasteiger partial charge on any atom is -0.508 e. The topological polar surface area (TPSA) is 78.9 Å². The molecule has 1 amide bonds. The Morgan fingerprint density at radius 1 is 1.45 bits per heavy atom. The zero-order valence-electron chi connectivity index (χ0n) is 10.6. The number of carbonyl (C=O) groups excluding carboxylic acids is 2. The van der Waals surface area contributed by atoms with Crippen LogP contribution in [0.15, 0.2) is 30.0 Å². The van der Waals surface area contributed by atoms with Crippen molar-refractivity contribution < 1.29 is 19.4 Å². The molecule has 2 N–H and O–H groups in total. The first-order valence-electron chi connectivity index (χ1n) is 5.71. The monoisotopic (exact) mass is 292 g/mol. The predicted molar refractivity (Wildman–Crippen MR) is 75.5 cm³/mol. The highest BCUT2D eigenvalue weighted by molar-refractivity contribution is 7.80. The van der Waals surface area contributed by atoms with E-state index in [2.05, 4.69) is 10.1 Å². The van der Waals surface area contributed by atoms with Gasteiger partial charge in [0.15, 0.2) is 5.11 Å². The summed E-state index contributed by atoms with van der Waals surface area (Å²) in [6, 6.07) is 6.33. The van der Waals surface area contributed by atoms with E-state index in [4.69, 9.17) is 12.2 Å². The van der Waals surface area contributed by atoms with Crippen molar-refractivity contribution >= 4 is 35.3 Å². The van der Waals surface area contributed by atoms with Gasteiger partial charge < -0.3 is 15.2 Å². The maximum absolute atomic E-state index is 12.1. The number of phenols is 1. The molecule has 1 aromatic rings. The Labute approximate surface area is 120 Å². The maximum Gasteiger partial charge on any atom is 0.325 e. The molecule has 2 rings (SSSR count). The average molecular weight is 292 g/mol. The highest BCUT2D eigenvalue weighted by atomic mass is 32.1. The summed E-state index contributed by atoms with van der Waals surface area (Å²) in [6.07, 6.45) is 1.59. The fourth-order valence-corrected chi connectivity index (χ4v) is 1.90. The standard InChI is InChI=1S/C13H12N2O4S/c1-19-11(17)7-15-12(18)10(14-13(15)20)6-8-2-4-9(16)5-3-8/h2-6,16H,7H2,1H3,(H,14,20)/b10-6-. The number of hydrogen-bond acceptors (Lipinski definition) is 5. The number of carbonyl (C=O) groups is 2. The van der Waals surface area contributed by atoms with Gasteiger partial charge in [-0.2, -0.15) is 0 Å². The summed E-state index contributed by atoms with van der Waals surface area (Å²) in [5.41, 5.74) is 0.992. The van der Waals surface area contributed by atoms with Gasteiger partial charge in [0, 0.05) is 0 Å². The van der Waals surface area contributed by atoms with Crippen LogP contribution < -0.4 is 5.32 Å². The summed E-state index contributed by atoms with van der Waals surface area (Å²) in [5, 5.41) is 12.1. The highest BCUT2D eigenvalue weighted by Gasteiger charge is 2.32. The number of thiocarbonyl (C=S) groups is 1. The molecule has 0 aliphatic carbocycles. The Hall–Kier alpha value is -2.41. The van der Waals surface area contributed by atoms with Gasteiger partial charge in [-0.15, -0.1) is 0 Å². The number of amides is 1. The number of esters is 1. The molecule has 0 atom stereocenters. The molecule has 0 saturated carbocycles. The number of phenolic OH excluding ortho intramolecular Hbond substituents is 1. The smallest absolute Gasteiger partial charge is 0.325 e.